The molecule has 0 aliphatic carbocycles. The van der Waals surface area contributed by atoms with Crippen LogP contribution in [0, 0.1) is 11.8 Å². The molecule has 0 amide bonds. The lowest BCUT2D eigenvalue weighted by molar-refractivity contribution is 0.144. The maximum Gasteiger partial charge on any atom is 0.178 e. The minimum absolute atomic E-state index is 0. The first-order valence-electron chi connectivity index (χ1n) is 7.61. The van der Waals surface area contributed by atoms with Crippen molar-refractivity contribution in [1.29, 1.82) is 0 Å². The van der Waals surface area contributed by atoms with E-state index in [0.29, 0.717) is 12.1 Å². The van der Waals surface area contributed by atoms with Crippen LogP contribution >= 0.6 is 12.4 Å². The van der Waals surface area contributed by atoms with E-state index in [1.54, 1.807) is 12.4 Å². The van der Waals surface area contributed by atoms with E-state index in [2.05, 4.69) is 35.6 Å². The van der Waals surface area contributed by atoms with Gasteiger partial charge in [0.2, 0.25) is 0 Å². The van der Waals surface area contributed by atoms with E-state index in [4.69, 9.17) is 0 Å². The lowest BCUT2D eigenvalue weighted by Crippen LogP contribution is -2.27. The highest BCUT2D eigenvalue weighted by molar-refractivity contribution is 5.85. The van der Waals surface area contributed by atoms with Crippen LogP contribution in [0.4, 0.5) is 0 Å². The average molecular weight is 331 g/mol. The predicted molar refractivity (Wildman–Crippen MR) is 96.5 cm³/mol. The number of aliphatic hydroxyl groups is 1. The SMILES string of the molecule is CCN(CC)CC#CC(O)(c1ccccc1)c1cccnc1.Cl. The van der Waals surface area contributed by atoms with Crippen molar-refractivity contribution in [2.45, 2.75) is 19.4 Å². The minimum atomic E-state index is -1.33. The largest absolute Gasteiger partial charge is 0.369 e. The average Bonchev–Trinajstić information content (AvgIpc) is 2.60. The van der Waals surface area contributed by atoms with E-state index >= 15 is 0 Å². The lowest BCUT2D eigenvalue weighted by atomic mass is 9.88. The molecule has 1 atom stereocenters. The van der Waals surface area contributed by atoms with Gasteiger partial charge >= 0.3 is 0 Å². The topological polar surface area (TPSA) is 36.4 Å². The van der Waals surface area contributed by atoms with Crippen LogP contribution in [0.15, 0.2) is 54.9 Å². The van der Waals surface area contributed by atoms with Gasteiger partial charge in [0.1, 0.15) is 0 Å². The third kappa shape index (κ3) is 4.80. The van der Waals surface area contributed by atoms with Crippen molar-refractivity contribution in [3.8, 4) is 11.8 Å². The highest BCUT2D eigenvalue weighted by Gasteiger charge is 2.29. The van der Waals surface area contributed by atoms with Crippen molar-refractivity contribution >= 4 is 12.4 Å². The van der Waals surface area contributed by atoms with Crippen molar-refractivity contribution < 1.29 is 5.11 Å². The van der Waals surface area contributed by atoms with Crippen molar-refractivity contribution in [2.24, 2.45) is 0 Å². The summed E-state index contributed by atoms with van der Waals surface area (Å²) >= 11 is 0. The third-order valence-electron chi connectivity index (χ3n) is 3.74. The summed E-state index contributed by atoms with van der Waals surface area (Å²) in [4.78, 5) is 6.32. The first-order valence-corrected chi connectivity index (χ1v) is 7.61. The van der Waals surface area contributed by atoms with Crippen LogP contribution in [-0.2, 0) is 5.60 Å². The molecule has 0 radical (unpaired) electrons. The molecular formula is C19H23ClN2O. The van der Waals surface area contributed by atoms with E-state index in [-0.39, 0.29) is 12.4 Å². The molecule has 0 aliphatic rings. The van der Waals surface area contributed by atoms with Crippen molar-refractivity contribution in [3.05, 3.63) is 66.0 Å². The van der Waals surface area contributed by atoms with Crippen molar-refractivity contribution in [2.75, 3.05) is 19.6 Å². The zero-order valence-corrected chi connectivity index (χ0v) is 14.4. The zero-order valence-electron chi connectivity index (χ0n) is 13.6. The Balaban J connectivity index is 0.00000264. The summed E-state index contributed by atoms with van der Waals surface area (Å²) in [6.45, 7) is 6.75. The van der Waals surface area contributed by atoms with E-state index in [9.17, 15) is 5.11 Å². The Kier molecular flexibility index (Phi) is 7.77. The monoisotopic (exact) mass is 330 g/mol. The summed E-state index contributed by atoms with van der Waals surface area (Å²) in [6, 6.07) is 13.2. The Morgan fingerprint density at radius 1 is 1.04 bits per heavy atom. The fraction of sp³-hybridized carbons (Fsp3) is 0.316. The molecule has 1 unspecified atom stereocenters. The van der Waals surface area contributed by atoms with Crippen LogP contribution in [0.3, 0.4) is 0 Å². The second kappa shape index (κ2) is 9.32. The number of hydrogen-bond donors (Lipinski definition) is 1. The summed E-state index contributed by atoms with van der Waals surface area (Å²) in [5.41, 5.74) is 0.117. The van der Waals surface area contributed by atoms with Gasteiger partial charge in [0, 0.05) is 23.5 Å². The Morgan fingerprint density at radius 2 is 1.70 bits per heavy atom. The maximum absolute atomic E-state index is 11.2. The van der Waals surface area contributed by atoms with Gasteiger partial charge in [0.15, 0.2) is 5.60 Å². The Hall–Kier alpha value is -1.86. The molecule has 0 saturated carbocycles. The van der Waals surface area contributed by atoms with Crippen molar-refractivity contribution in [3.63, 3.8) is 0 Å². The zero-order chi connectivity index (χ0) is 15.8. The molecule has 0 spiro atoms. The van der Waals surface area contributed by atoms with Crippen LogP contribution < -0.4 is 0 Å². The molecule has 0 saturated heterocycles. The van der Waals surface area contributed by atoms with Crippen LogP contribution in [-0.4, -0.2) is 34.6 Å². The van der Waals surface area contributed by atoms with E-state index in [1.165, 1.54) is 0 Å². The molecule has 4 heteroatoms. The standard InChI is InChI=1S/C19H22N2O.ClH/c1-3-21(4-2)15-9-13-19(22,17-10-6-5-7-11-17)18-12-8-14-20-16-18;/h5-8,10-12,14,16,22H,3-4,15H2,1-2H3;1H. The number of pyridine rings is 1. The third-order valence-corrected chi connectivity index (χ3v) is 3.74. The molecular weight excluding hydrogens is 308 g/mol. The summed E-state index contributed by atoms with van der Waals surface area (Å²) in [7, 11) is 0. The molecule has 2 aromatic rings. The molecule has 3 nitrogen and oxygen atoms in total. The van der Waals surface area contributed by atoms with Crippen LogP contribution in [0.5, 0.6) is 0 Å². The summed E-state index contributed by atoms with van der Waals surface area (Å²) in [5, 5.41) is 11.2. The van der Waals surface area contributed by atoms with E-state index < -0.39 is 5.60 Å². The van der Waals surface area contributed by atoms with Gasteiger partial charge in [0.05, 0.1) is 6.54 Å². The molecule has 1 aromatic carbocycles. The fourth-order valence-electron chi connectivity index (χ4n) is 2.29. The number of rotatable bonds is 5. The fourth-order valence-corrected chi connectivity index (χ4v) is 2.29. The molecule has 23 heavy (non-hydrogen) atoms. The number of halogens is 1. The van der Waals surface area contributed by atoms with Gasteiger partial charge in [-0.25, -0.2) is 0 Å². The molecule has 2 rings (SSSR count). The number of hydrogen-bond acceptors (Lipinski definition) is 3. The molecule has 1 heterocycles. The number of benzene rings is 1. The highest BCUT2D eigenvalue weighted by Crippen LogP contribution is 2.28. The molecule has 0 bridgehead atoms. The molecule has 0 aliphatic heterocycles. The van der Waals surface area contributed by atoms with Crippen molar-refractivity contribution in [1.82, 2.24) is 9.88 Å². The van der Waals surface area contributed by atoms with Gasteiger partial charge in [-0.1, -0.05) is 62.1 Å². The van der Waals surface area contributed by atoms with Gasteiger partial charge in [-0.15, -0.1) is 12.4 Å². The summed E-state index contributed by atoms with van der Waals surface area (Å²) < 4.78 is 0. The molecule has 1 N–H and O–H groups in total. The highest BCUT2D eigenvalue weighted by atomic mass is 35.5. The minimum Gasteiger partial charge on any atom is -0.369 e. The Morgan fingerprint density at radius 3 is 2.26 bits per heavy atom. The van der Waals surface area contributed by atoms with Gasteiger partial charge in [-0.3, -0.25) is 9.88 Å². The quantitative estimate of drug-likeness (QED) is 0.856. The van der Waals surface area contributed by atoms with E-state index in [1.807, 2.05) is 42.5 Å². The molecule has 1 aromatic heterocycles. The smallest absolute Gasteiger partial charge is 0.178 e. The van der Waals surface area contributed by atoms with Gasteiger partial charge in [0.25, 0.3) is 0 Å². The Labute approximate surface area is 144 Å². The number of aromatic nitrogens is 1. The van der Waals surface area contributed by atoms with Crippen LogP contribution in [0.1, 0.15) is 25.0 Å². The normalized spacial score (nSPS) is 12.7. The lowest BCUT2D eigenvalue weighted by Gasteiger charge is -2.23. The second-order valence-electron chi connectivity index (χ2n) is 5.08. The van der Waals surface area contributed by atoms with E-state index in [0.717, 1.165) is 18.7 Å². The maximum atomic E-state index is 11.2. The second-order valence-corrected chi connectivity index (χ2v) is 5.08. The van der Waals surface area contributed by atoms with Gasteiger partial charge in [-0.2, -0.15) is 0 Å². The first-order chi connectivity index (χ1) is 10.7. The van der Waals surface area contributed by atoms with Crippen LogP contribution in [0.2, 0.25) is 0 Å². The molecule has 0 fully saturated rings. The Bertz CT molecular complexity index is 591. The summed E-state index contributed by atoms with van der Waals surface area (Å²) in [5.74, 6) is 6.17. The predicted octanol–water partition coefficient (Wildman–Crippen LogP) is 3.08. The summed E-state index contributed by atoms with van der Waals surface area (Å²) in [6.07, 6.45) is 3.36. The van der Waals surface area contributed by atoms with Crippen LogP contribution in [0.25, 0.3) is 0 Å². The van der Waals surface area contributed by atoms with Gasteiger partial charge in [-0.05, 0) is 19.2 Å². The molecule has 122 valence electrons. The number of nitrogens with zero attached hydrogens (tertiary/aromatic N) is 2. The van der Waals surface area contributed by atoms with Gasteiger partial charge < -0.3 is 5.11 Å². The first kappa shape index (κ1) is 19.2.